The largest absolute Gasteiger partial charge is 0.459 e. The predicted molar refractivity (Wildman–Crippen MR) is 90.6 cm³/mol. The fourth-order valence-electron chi connectivity index (χ4n) is 3.24. The highest BCUT2D eigenvalue weighted by molar-refractivity contribution is 5.91. The van der Waals surface area contributed by atoms with Gasteiger partial charge >= 0.3 is 5.97 Å². The number of carbonyl (C=O) groups excluding carboxylic acids is 1. The van der Waals surface area contributed by atoms with E-state index >= 15 is 0 Å². The molecule has 1 aromatic rings. The van der Waals surface area contributed by atoms with Gasteiger partial charge < -0.3 is 16.2 Å². The zero-order valence-electron chi connectivity index (χ0n) is 13.5. The average Bonchev–Trinajstić information content (AvgIpc) is 2.48. The molecule has 0 heterocycles. The summed E-state index contributed by atoms with van der Waals surface area (Å²) in [6.45, 7) is 2.24. The van der Waals surface area contributed by atoms with E-state index in [1.807, 2.05) is 0 Å². The molecule has 0 unspecified atom stereocenters. The molecule has 0 spiro atoms. The van der Waals surface area contributed by atoms with Crippen LogP contribution in [0.15, 0.2) is 18.2 Å². The number of rotatable bonds is 6. The Balaban J connectivity index is 1.79. The Morgan fingerprint density at radius 1 is 1.09 bits per heavy atom. The third kappa shape index (κ3) is 4.93. The van der Waals surface area contributed by atoms with Crippen LogP contribution in [0.5, 0.6) is 0 Å². The first kappa shape index (κ1) is 16.7. The van der Waals surface area contributed by atoms with Crippen molar-refractivity contribution in [3.8, 4) is 0 Å². The van der Waals surface area contributed by atoms with Crippen molar-refractivity contribution in [2.75, 3.05) is 11.5 Å². The van der Waals surface area contributed by atoms with Gasteiger partial charge in [0.05, 0.1) is 5.56 Å². The molecule has 122 valence electrons. The van der Waals surface area contributed by atoms with Gasteiger partial charge in [-0.15, -0.1) is 0 Å². The number of hydrogen-bond acceptors (Lipinski definition) is 4. The van der Waals surface area contributed by atoms with Crippen molar-refractivity contribution in [3.63, 3.8) is 0 Å². The van der Waals surface area contributed by atoms with Crippen LogP contribution in [0, 0.1) is 5.92 Å². The smallest absolute Gasteiger partial charge is 0.338 e. The molecule has 1 fully saturated rings. The second-order valence-electron chi connectivity index (χ2n) is 6.43. The van der Waals surface area contributed by atoms with Crippen LogP contribution >= 0.6 is 0 Å². The molecule has 4 nitrogen and oxygen atoms in total. The quantitative estimate of drug-likeness (QED) is 0.470. The van der Waals surface area contributed by atoms with Crippen LogP contribution < -0.4 is 11.5 Å². The maximum atomic E-state index is 12.2. The van der Waals surface area contributed by atoms with Crippen molar-refractivity contribution in [2.24, 2.45) is 5.92 Å². The van der Waals surface area contributed by atoms with E-state index in [4.69, 9.17) is 16.2 Å². The van der Waals surface area contributed by atoms with Crippen LogP contribution in [-0.2, 0) is 4.74 Å². The molecule has 1 aromatic carbocycles. The fourth-order valence-corrected chi connectivity index (χ4v) is 3.24. The van der Waals surface area contributed by atoms with E-state index in [1.165, 1.54) is 38.5 Å². The van der Waals surface area contributed by atoms with Gasteiger partial charge in [0.1, 0.15) is 6.10 Å². The predicted octanol–water partition coefficient (Wildman–Crippen LogP) is 4.15. The summed E-state index contributed by atoms with van der Waals surface area (Å²) in [6, 6.07) is 4.88. The highest BCUT2D eigenvalue weighted by atomic mass is 16.5. The second kappa shape index (κ2) is 8.06. The van der Waals surface area contributed by atoms with E-state index in [0.717, 1.165) is 18.8 Å². The van der Waals surface area contributed by atoms with Crippen molar-refractivity contribution in [1.29, 1.82) is 0 Å². The van der Waals surface area contributed by atoms with Crippen molar-refractivity contribution in [3.05, 3.63) is 23.8 Å². The van der Waals surface area contributed by atoms with Crippen LogP contribution in [-0.4, -0.2) is 12.1 Å². The van der Waals surface area contributed by atoms with Gasteiger partial charge in [-0.05, 0) is 49.8 Å². The summed E-state index contributed by atoms with van der Waals surface area (Å²) in [7, 11) is 0. The molecule has 0 atom stereocenters. The summed E-state index contributed by atoms with van der Waals surface area (Å²) in [4.78, 5) is 12.2. The molecule has 4 heteroatoms. The number of anilines is 2. The lowest BCUT2D eigenvalue weighted by Crippen LogP contribution is -2.24. The molecule has 1 aliphatic rings. The van der Waals surface area contributed by atoms with Crippen LogP contribution in [0.3, 0.4) is 0 Å². The first-order valence-corrected chi connectivity index (χ1v) is 8.45. The number of nitrogens with two attached hydrogens (primary N) is 2. The van der Waals surface area contributed by atoms with Crippen molar-refractivity contribution in [1.82, 2.24) is 0 Å². The third-order valence-electron chi connectivity index (χ3n) is 4.50. The Kier molecular flexibility index (Phi) is 6.10. The maximum absolute atomic E-state index is 12.2. The summed E-state index contributed by atoms with van der Waals surface area (Å²) in [5.74, 6) is 0.498. The molecular formula is C18H28N2O2. The number of unbranched alkanes of at least 4 members (excludes halogenated alkanes) is 2. The van der Waals surface area contributed by atoms with Gasteiger partial charge in [0.2, 0.25) is 0 Å². The third-order valence-corrected chi connectivity index (χ3v) is 4.50. The standard InChI is InChI=1S/C18H28N2O2/c1-2-3-4-5-13-6-8-17(9-7-13)22-18(21)14-10-15(19)12-16(20)11-14/h10-13,17H,2-9,19-20H2,1H3. The average molecular weight is 304 g/mol. The molecule has 22 heavy (non-hydrogen) atoms. The Morgan fingerprint density at radius 2 is 1.73 bits per heavy atom. The van der Waals surface area contributed by atoms with Crippen LogP contribution in [0.2, 0.25) is 0 Å². The Morgan fingerprint density at radius 3 is 2.32 bits per heavy atom. The number of ether oxygens (including phenoxy) is 1. The SMILES string of the molecule is CCCCCC1CCC(OC(=O)c2cc(N)cc(N)c2)CC1. The summed E-state index contributed by atoms with van der Waals surface area (Å²) in [5, 5.41) is 0. The molecular weight excluding hydrogens is 276 g/mol. The summed E-state index contributed by atoms with van der Waals surface area (Å²) in [6.07, 6.45) is 9.57. The highest BCUT2D eigenvalue weighted by Crippen LogP contribution is 2.30. The first-order chi connectivity index (χ1) is 10.6. The van der Waals surface area contributed by atoms with Crippen LogP contribution in [0.25, 0.3) is 0 Å². The molecule has 0 aromatic heterocycles. The molecule has 0 saturated heterocycles. The van der Waals surface area contributed by atoms with Gasteiger partial charge in [-0.2, -0.15) is 0 Å². The molecule has 0 bridgehead atoms. The first-order valence-electron chi connectivity index (χ1n) is 8.45. The zero-order valence-corrected chi connectivity index (χ0v) is 13.5. The molecule has 0 aliphatic heterocycles. The van der Waals surface area contributed by atoms with Crippen molar-refractivity contribution < 1.29 is 9.53 Å². The minimum Gasteiger partial charge on any atom is -0.459 e. The number of carbonyl (C=O) groups is 1. The van der Waals surface area contributed by atoms with E-state index in [0.29, 0.717) is 16.9 Å². The Hall–Kier alpha value is -1.71. The Labute approximate surface area is 133 Å². The number of nitrogen functional groups attached to an aromatic ring is 2. The lowest BCUT2D eigenvalue weighted by molar-refractivity contribution is 0.0161. The van der Waals surface area contributed by atoms with E-state index in [9.17, 15) is 4.79 Å². The zero-order chi connectivity index (χ0) is 15.9. The normalized spacial score (nSPS) is 21.5. The minimum absolute atomic E-state index is 0.0394. The van der Waals surface area contributed by atoms with Gasteiger partial charge in [-0.1, -0.05) is 32.6 Å². The van der Waals surface area contributed by atoms with E-state index in [-0.39, 0.29) is 12.1 Å². The van der Waals surface area contributed by atoms with E-state index in [2.05, 4.69) is 6.92 Å². The summed E-state index contributed by atoms with van der Waals surface area (Å²) < 4.78 is 5.61. The maximum Gasteiger partial charge on any atom is 0.338 e. The van der Waals surface area contributed by atoms with Gasteiger partial charge in [-0.3, -0.25) is 0 Å². The lowest BCUT2D eigenvalue weighted by Gasteiger charge is -2.28. The van der Waals surface area contributed by atoms with Crippen molar-refractivity contribution >= 4 is 17.3 Å². The van der Waals surface area contributed by atoms with Crippen molar-refractivity contribution in [2.45, 2.75) is 64.4 Å². The van der Waals surface area contributed by atoms with Gasteiger partial charge in [0, 0.05) is 11.4 Å². The molecule has 1 saturated carbocycles. The summed E-state index contributed by atoms with van der Waals surface area (Å²) in [5.41, 5.74) is 12.9. The molecule has 4 N–H and O–H groups in total. The summed E-state index contributed by atoms with van der Waals surface area (Å²) >= 11 is 0. The second-order valence-corrected chi connectivity index (χ2v) is 6.43. The van der Waals surface area contributed by atoms with E-state index in [1.54, 1.807) is 18.2 Å². The number of hydrogen-bond donors (Lipinski definition) is 2. The Bertz CT molecular complexity index is 474. The van der Waals surface area contributed by atoms with Gasteiger partial charge in [0.15, 0.2) is 0 Å². The van der Waals surface area contributed by atoms with Gasteiger partial charge in [-0.25, -0.2) is 4.79 Å². The fraction of sp³-hybridized carbons (Fsp3) is 0.611. The minimum atomic E-state index is -0.312. The number of benzene rings is 1. The molecule has 2 rings (SSSR count). The molecule has 0 radical (unpaired) electrons. The lowest BCUT2D eigenvalue weighted by atomic mass is 9.84. The van der Waals surface area contributed by atoms with E-state index < -0.39 is 0 Å². The highest BCUT2D eigenvalue weighted by Gasteiger charge is 2.24. The topological polar surface area (TPSA) is 78.3 Å². The van der Waals surface area contributed by atoms with Crippen LogP contribution in [0.1, 0.15) is 68.6 Å². The molecule has 1 aliphatic carbocycles. The molecule has 0 amide bonds. The number of esters is 1. The van der Waals surface area contributed by atoms with Crippen LogP contribution in [0.4, 0.5) is 11.4 Å². The van der Waals surface area contributed by atoms with Gasteiger partial charge in [0.25, 0.3) is 0 Å². The monoisotopic (exact) mass is 304 g/mol.